The molecule has 0 heterocycles. The van der Waals surface area contributed by atoms with Crippen LogP contribution in [0, 0.1) is 0 Å². The van der Waals surface area contributed by atoms with Crippen LogP contribution >= 0.6 is 39.3 Å². The Morgan fingerprint density at radius 3 is 2.81 bits per heavy atom. The van der Waals surface area contributed by atoms with Crippen molar-refractivity contribution in [1.29, 1.82) is 0 Å². The van der Waals surface area contributed by atoms with Crippen LogP contribution in [0.4, 0.5) is 11.4 Å². The molecule has 3 nitrogen and oxygen atoms in total. The Morgan fingerprint density at radius 2 is 2.05 bits per heavy atom. The number of benzene rings is 2. The van der Waals surface area contributed by atoms with E-state index in [2.05, 4.69) is 21.2 Å². The maximum Gasteiger partial charge on any atom is 0.225 e. The number of hydrogen-bond donors (Lipinski definition) is 2. The van der Waals surface area contributed by atoms with E-state index in [-0.39, 0.29) is 5.91 Å². The molecule has 3 N–H and O–H groups in total. The van der Waals surface area contributed by atoms with Gasteiger partial charge in [0.2, 0.25) is 5.91 Å². The summed E-state index contributed by atoms with van der Waals surface area (Å²) in [6, 6.07) is 12.9. The number of halogens is 2. The summed E-state index contributed by atoms with van der Waals surface area (Å²) in [4.78, 5) is 13.0. The number of carbonyl (C=O) groups excluding carboxylic acids is 1. The maximum absolute atomic E-state index is 11.9. The van der Waals surface area contributed by atoms with Gasteiger partial charge in [-0.15, -0.1) is 11.8 Å². The number of nitrogen functional groups attached to an aromatic ring is 1. The molecule has 0 saturated heterocycles. The van der Waals surface area contributed by atoms with Gasteiger partial charge >= 0.3 is 0 Å². The van der Waals surface area contributed by atoms with Gasteiger partial charge in [-0.2, -0.15) is 0 Å². The molecule has 0 bridgehead atoms. The van der Waals surface area contributed by atoms with Crippen LogP contribution in [-0.2, 0) is 4.79 Å². The largest absolute Gasteiger partial charge is 0.397 e. The van der Waals surface area contributed by atoms with Crippen molar-refractivity contribution in [3.05, 3.63) is 52.0 Å². The van der Waals surface area contributed by atoms with Crippen LogP contribution in [0.15, 0.2) is 51.8 Å². The summed E-state index contributed by atoms with van der Waals surface area (Å²) >= 11 is 11.0. The maximum atomic E-state index is 11.9. The van der Waals surface area contributed by atoms with Gasteiger partial charge in [0.05, 0.1) is 11.4 Å². The molecule has 0 aromatic heterocycles. The molecular formula is C15H14BrClN2OS. The monoisotopic (exact) mass is 384 g/mol. The minimum absolute atomic E-state index is 0.0801. The molecule has 0 saturated carbocycles. The summed E-state index contributed by atoms with van der Waals surface area (Å²) in [6.45, 7) is 0. The molecule has 0 spiro atoms. The zero-order valence-electron chi connectivity index (χ0n) is 11.1. The topological polar surface area (TPSA) is 55.1 Å². The Bertz CT molecular complexity index is 651. The number of carbonyl (C=O) groups is 1. The highest BCUT2D eigenvalue weighted by Crippen LogP contribution is 2.28. The Morgan fingerprint density at radius 1 is 1.29 bits per heavy atom. The van der Waals surface area contributed by atoms with Crippen LogP contribution in [-0.4, -0.2) is 11.7 Å². The molecule has 2 aromatic carbocycles. The Labute approximate surface area is 141 Å². The quantitative estimate of drug-likeness (QED) is 0.574. The summed E-state index contributed by atoms with van der Waals surface area (Å²) in [6.07, 6.45) is 0.401. The number of nitrogens with two attached hydrogens (primary N) is 1. The van der Waals surface area contributed by atoms with Crippen molar-refractivity contribution in [2.24, 2.45) is 0 Å². The first-order valence-electron chi connectivity index (χ1n) is 6.28. The third kappa shape index (κ3) is 4.95. The highest BCUT2D eigenvalue weighted by Gasteiger charge is 2.07. The molecule has 0 aliphatic rings. The number of nitrogens with one attached hydrogen (secondary N) is 1. The van der Waals surface area contributed by atoms with Crippen LogP contribution in [0.5, 0.6) is 0 Å². The van der Waals surface area contributed by atoms with E-state index in [0.717, 1.165) is 9.37 Å². The fraction of sp³-hybridized carbons (Fsp3) is 0.133. The fourth-order valence-corrected chi connectivity index (χ4v) is 3.35. The lowest BCUT2D eigenvalue weighted by molar-refractivity contribution is -0.115. The van der Waals surface area contributed by atoms with Gasteiger partial charge < -0.3 is 11.1 Å². The summed E-state index contributed by atoms with van der Waals surface area (Å²) in [5.74, 6) is 0.609. The molecule has 0 atom stereocenters. The van der Waals surface area contributed by atoms with Gasteiger partial charge in [-0.3, -0.25) is 4.79 Å². The van der Waals surface area contributed by atoms with Crippen molar-refractivity contribution in [2.75, 3.05) is 16.8 Å². The Balaban J connectivity index is 1.85. The molecule has 6 heteroatoms. The summed E-state index contributed by atoms with van der Waals surface area (Å²) in [5, 5.41) is 3.32. The van der Waals surface area contributed by atoms with Crippen LogP contribution in [0.2, 0.25) is 5.02 Å². The predicted molar refractivity (Wildman–Crippen MR) is 94.0 cm³/mol. The van der Waals surface area contributed by atoms with Crippen molar-refractivity contribution >= 4 is 56.6 Å². The fourth-order valence-electron chi connectivity index (χ4n) is 1.66. The molecule has 2 aromatic rings. The third-order valence-electron chi connectivity index (χ3n) is 2.71. The zero-order valence-corrected chi connectivity index (χ0v) is 14.3. The highest BCUT2D eigenvalue weighted by atomic mass is 79.9. The van der Waals surface area contributed by atoms with Gasteiger partial charge in [-0.1, -0.05) is 23.7 Å². The predicted octanol–water partition coefficient (Wildman–Crippen LogP) is 4.81. The van der Waals surface area contributed by atoms with Crippen molar-refractivity contribution in [2.45, 2.75) is 11.3 Å². The molecule has 0 fully saturated rings. The van der Waals surface area contributed by atoms with Crippen LogP contribution in [0.25, 0.3) is 0 Å². The average molecular weight is 386 g/mol. The minimum atomic E-state index is -0.0801. The van der Waals surface area contributed by atoms with E-state index < -0.39 is 0 Å². The number of anilines is 2. The van der Waals surface area contributed by atoms with Crippen LogP contribution < -0.4 is 11.1 Å². The van der Waals surface area contributed by atoms with Gasteiger partial charge in [0.1, 0.15) is 0 Å². The summed E-state index contributed by atoms with van der Waals surface area (Å²) in [7, 11) is 0. The van der Waals surface area contributed by atoms with E-state index >= 15 is 0 Å². The van der Waals surface area contributed by atoms with E-state index in [1.54, 1.807) is 30.0 Å². The van der Waals surface area contributed by atoms with Gasteiger partial charge in [0.15, 0.2) is 0 Å². The Hall–Kier alpha value is -1.17. The lowest BCUT2D eigenvalue weighted by atomic mass is 10.2. The molecule has 110 valence electrons. The van der Waals surface area contributed by atoms with E-state index in [1.165, 1.54) is 0 Å². The normalized spacial score (nSPS) is 10.4. The second-order valence-electron chi connectivity index (χ2n) is 4.31. The molecule has 21 heavy (non-hydrogen) atoms. The molecule has 0 radical (unpaired) electrons. The standard InChI is InChI=1S/C15H14BrClN2OS/c16-11-3-1-2-4-14(11)21-8-7-15(20)19-13-9-10(17)5-6-12(13)18/h1-6,9H,7-8,18H2,(H,19,20). The molecule has 0 unspecified atom stereocenters. The van der Waals surface area contributed by atoms with E-state index in [0.29, 0.717) is 28.6 Å². The second-order valence-corrected chi connectivity index (χ2v) is 6.74. The summed E-state index contributed by atoms with van der Waals surface area (Å²) < 4.78 is 1.04. The first-order chi connectivity index (χ1) is 10.1. The van der Waals surface area contributed by atoms with Crippen LogP contribution in [0.3, 0.4) is 0 Å². The lowest BCUT2D eigenvalue weighted by Gasteiger charge is -2.09. The SMILES string of the molecule is Nc1ccc(Cl)cc1NC(=O)CCSc1ccccc1Br. The second kappa shape index (κ2) is 7.73. The van der Waals surface area contributed by atoms with Crippen LogP contribution in [0.1, 0.15) is 6.42 Å². The van der Waals surface area contributed by atoms with Crippen molar-refractivity contribution in [3.8, 4) is 0 Å². The lowest BCUT2D eigenvalue weighted by Crippen LogP contribution is -2.13. The first-order valence-corrected chi connectivity index (χ1v) is 8.44. The molecular weight excluding hydrogens is 372 g/mol. The van der Waals surface area contributed by atoms with Gasteiger partial charge in [0, 0.05) is 26.6 Å². The van der Waals surface area contributed by atoms with E-state index in [4.69, 9.17) is 17.3 Å². The molecule has 1 amide bonds. The first kappa shape index (κ1) is 16.2. The van der Waals surface area contributed by atoms with Gasteiger partial charge in [-0.05, 0) is 46.3 Å². The Kier molecular flexibility index (Phi) is 5.96. The molecule has 0 aliphatic carbocycles. The number of rotatable bonds is 5. The third-order valence-corrected chi connectivity index (χ3v) is 4.98. The van der Waals surface area contributed by atoms with Crippen molar-refractivity contribution in [1.82, 2.24) is 0 Å². The van der Waals surface area contributed by atoms with Gasteiger partial charge in [-0.25, -0.2) is 0 Å². The van der Waals surface area contributed by atoms with Crippen molar-refractivity contribution in [3.63, 3.8) is 0 Å². The minimum Gasteiger partial charge on any atom is -0.397 e. The van der Waals surface area contributed by atoms with Crippen molar-refractivity contribution < 1.29 is 4.79 Å². The number of thioether (sulfide) groups is 1. The van der Waals surface area contributed by atoms with E-state index in [9.17, 15) is 4.79 Å². The van der Waals surface area contributed by atoms with Gasteiger partial charge in [0.25, 0.3) is 0 Å². The molecule has 0 aliphatic heterocycles. The molecule has 2 rings (SSSR count). The number of hydrogen-bond acceptors (Lipinski definition) is 3. The summed E-state index contributed by atoms with van der Waals surface area (Å²) in [5.41, 5.74) is 6.85. The number of amides is 1. The van der Waals surface area contributed by atoms with E-state index in [1.807, 2.05) is 24.3 Å². The zero-order chi connectivity index (χ0) is 15.2. The average Bonchev–Trinajstić information content (AvgIpc) is 2.45. The highest BCUT2D eigenvalue weighted by molar-refractivity contribution is 9.10. The smallest absolute Gasteiger partial charge is 0.225 e.